The fourth-order valence-electron chi connectivity index (χ4n) is 1.19. The highest BCUT2D eigenvalue weighted by Gasteiger charge is 2.05. The van der Waals surface area contributed by atoms with E-state index < -0.39 is 5.97 Å². The van der Waals surface area contributed by atoms with E-state index in [1.807, 2.05) is 12.1 Å². The molecule has 0 spiro atoms. The van der Waals surface area contributed by atoms with E-state index in [2.05, 4.69) is 15.5 Å². The number of hydrogen-bond donors (Lipinski definition) is 1. The highest BCUT2D eigenvalue weighted by atomic mass is 32.2. The van der Waals surface area contributed by atoms with Crippen molar-refractivity contribution in [2.24, 2.45) is 7.05 Å². The number of carbonyl (C=O) groups is 1. The summed E-state index contributed by atoms with van der Waals surface area (Å²) in [6, 6.07) is 3.87. The van der Waals surface area contributed by atoms with E-state index in [9.17, 15) is 4.79 Å². The van der Waals surface area contributed by atoms with Gasteiger partial charge in [-0.05, 0) is 28.6 Å². The molecule has 18 heavy (non-hydrogen) atoms. The molecule has 2 rings (SSSR count). The Bertz CT molecular complexity index is 576. The summed E-state index contributed by atoms with van der Waals surface area (Å²) in [6.45, 7) is 0. The highest BCUT2D eigenvalue weighted by molar-refractivity contribution is 7.98. The van der Waals surface area contributed by atoms with Gasteiger partial charge in [0, 0.05) is 28.6 Å². The quantitative estimate of drug-likeness (QED) is 0.663. The van der Waals surface area contributed by atoms with E-state index in [4.69, 9.17) is 5.11 Å². The summed E-state index contributed by atoms with van der Waals surface area (Å²) in [5, 5.41) is 20.5. The van der Waals surface area contributed by atoms with Crippen LogP contribution in [0.2, 0.25) is 0 Å². The summed E-state index contributed by atoms with van der Waals surface area (Å²) in [6.07, 6.45) is 2.72. The van der Waals surface area contributed by atoms with Gasteiger partial charge in [-0.25, -0.2) is 9.48 Å². The molecule has 2 aromatic rings. The van der Waals surface area contributed by atoms with Crippen molar-refractivity contribution in [3.63, 3.8) is 0 Å². The van der Waals surface area contributed by atoms with Crippen LogP contribution in [0.5, 0.6) is 0 Å². The van der Waals surface area contributed by atoms with Gasteiger partial charge in [0.15, 0.2) is 0 Å². The highest BCUT2D eigenvalue weighted by Crippen LogP contribution is 2.25. The number of aliphatic carboxylic acids is 1. The number of tetrazole rings is 1. The summed E-state index contributed by atoms with van der Waals surface area (Å²) in [7, 11) is 1.79. The Morgan fingerprint density at radius 1 is 1.61 bits per heavy atom. The molecule has 0 bridgehead atoms. The maximum atomic E-state index is 10.4. The minimum atomic E-state index is -0.940. The van der Waals surface area contributed by atoms with Gasteiger partial charge in [-0.2, -0.15) is 0 Å². The number of thiophene rings is 1. The van der Waals surface area contributed by atoms with Crippen LogP contribution in [-0.4, -0.2) is 31.3 Å². The topological polar surface area (TPSA) is 80.9 Å². The summed E-state index contributed by atoms with van der Waals surface area (Å²) in [5.41, 5.74) is 0. The van der Waals surface area contributed by atoms with Gasteiger partial charge in [0.05, 0.1) is 0 Å². The molecule has 0 saturated heterocycles. The van der Waals surface area contributed by atoms with E-state index in [0.29, 0.717) is 0 Å². The molecule has 0 fully saturated rings. The first-order valence-corrected chi connectivity index (χ1v) is 6.80. The van der Waals surface area contributed by atoms with Crippen LogP contribution >= 0.6 is 23.1 Å². The summed E-state index contributed by atoms with van der Waals surface area (Å²) >= 11 is 3.10. The molecule has 8 heteroatoms. The number of aromatic nitrogens is 4. The SMILES string of the molecule is Cn1nnnc1SCc1ccc(C=CC(=O)O)s1. The zero-order valence-electron chi connectivity index (χ0n) is 9.48. The molecule has 0 radical (unpaired) electrons. The van der Waals surface area contributed by atoms with Gasteiger partial charge in [0.25, 0.3) is 0 Å². The lowest BCUT2D eigenvalue weighted by Gasteiger charge is -1.95. The fourth-order valence-corrected chi connectivity index (χ4v) is 3.00. The van der Waals surface area contributed by atoms with Crippen molar-refractivity contribution in [2.45, 2.75) is 10.9 Å². The number of aryl methyl sites for hydroxylation is 1. The van der Waals surface area contributed by atoms with Crippen LogP contribution < -0.4 is 0 Å². The van der Waals surface area contributed by atoms with Gasteiger partial charge >= 0.3 is 5.97 Å². The normalized spacial score (nSPS) is 11.2. The average molecular weight is 282 g/mol. The monoisotopic (exact) mass is 282 g/mol. The second-order valence-corrected chi connectivity index (χ2v) is 5.49. The molecule has 0 amide bonds. The molecule has 0 unspecified atom stereocenters. The largest absolute Gasteiger partial charge is 0.478 e. The van der Waals surface area contributed by atoms with Crippen molar-refractivity contribution in [3.05, 3.63) is 28.0 Å². The maximum Gasteiger partial charge on any atom is 0.328 e. The standard InChI is InChI=1S/C10H10N4O2S2/c1-14-10(11-12-13-14)17-6-8-3-2-7(18-8)4-5-9(15)16/h2-5H,6H2,1H3,(H,15,16). The molecule has 0 aromatic carbocycles. The molecule has 94 valence electrons. The maximum absolute atomic E-state index is 10.4. The molecule has 2 heterocycles. The van der Waals surface area contributed by atoms with Gasteiger partial charge in [-0.15, -0.1) is 16.4 Å². The van der Waals surface area contributed by atoms with Gasteiger partial charge < -0.3 is 5.11 Å². The molecule has 0 atom stereocenters. The zero-order chi connectivity index (χ0) is 13.0. The Labute approximate surface area is 111 Å². The predicted octanol–water partition coefficient (Wildman–Crippen LogP) is 1.66. The second-order valence-electron chi connectivity index (χ2n) is 3.35. The third kappa shape index (κ3) is 3.41. The Morgan fingerprint density at radius 3 is 3.11 bits per heavy atom. The molecular formula is C10H10N4O2S2. The first kappa shape index (κ1) is 12.8. The van der Waals surface area contributed by atoms with E-state index >= 15 is 0 Å². The molecule has 2 aromatic heterocycles. The lowest BCUT2D eigenvalue weighted by atomic mass is 10.4. The van der Waals surface area contributed by atoms with Crippen molar-refractivity contribution in [2.75, 3.05) is 0 Å². The number of thioether (sulfide) groups is 1. The van der Waals surface area contributed by atoms with Crippen molar-refractivity contribution in [3.8, 4) is 0 Å². The number of rotatable bonds is 5. The van der Waals surface area contributed by atoms with Gasteiger partial charge in [0.2, 0.25) is 5.16 Å². The molecule has 0 saturated carbocycles. The van der Waals surface area contributed by atoms with Crippen LogP contribution in [0.1, 0.15) is 9.75 Å². The third-order valence-corrected chi connectivity index (χ3v) is 4.29. The minimum absolute atomic E-state index is 0.756. The van der Waals surface area contributed by atoms with Gasteiger partial charge in [0.1, 0.15) is 0 Å². The average Bonchev–Trinajstić information content (AvgIpc) is 2.93. The van der Waals surface area contributed by atoms with Crippen molar-refractivity contribution in [1.82, 2.24) is 20.2 Å². The van der Waals surface area contributed by atoms with Gasteiger partial charge in [-0.1, -0.05) is 11.8 Å². The minimum Gasteiger partial charge on any atom is -0.478 e. The molecule has 1 N–H and O–H groups in total. The molecule has 6 nitrogen and oxygen atoms in total. The van der Waals surface area contributed by atoms with Crippen LogP contribution in [0.3, 0.4) is 0 Å². The molecule has 0 aliphatic heterocycles. The number of hydrogen-bond acceptors (Lipinski definition) is 6. The number of nitrogens with zero attached hydrogens (tertiary/aromatic N) is 4. The van der Waals surface area contributed by atoms with E-state index in [1.165, 1.54) is 0 Å². The van der Waals surface area contributed by atoms with E-state index in [0.717, 1.165) is 26.7 Å². The van der Waals surface area contributed by atoms with Crippen LogP contribution in [-0.2, 0) is 17.6 Å². The van der Waals surface area contributed by atoms with Crippen molar-refractivity contribution in [1.29, 1.82) is 0 Å². The lowest BCUT2D eigenvalue weighted by Crippen LogP contribution is -1.92. The van der Waals surface area contributed by atoms with Crippen LogP contribution in [0, 0.1) is 0 Å². The molecular weight excluding hydrogens is 272 g/mol. The van der Waals surface area contributed by atoms with E-state index in [1.54, 1.807) is 40.9 Å². The lowest BCUT2D eigenvalue weighted by molar-refractivity contribution is -0.131. The third-order valence-electron chi connectivity index (χ3n) is 2.00. The van der Waals surface area contributed by atoms with Crippen LogP contribution in [0.25, 0.3) is 6.08 Å². The number of carboxylic acids is 1. The first-order chi connectivity index (χ1) is 8.65. The number of carboxylic acid groups (broad SMARTS) is 1. The van der Waals surface area contributed by atoms with Crippen LogP contribution in [0.4, 0.5) is 0 Å². The Morgan fingerprint density at radius 2 is 2.44 bits per heavy atom. The van der Waals surface area contributed by atoms with Gasteiger partial charge in [-0.3, -0.25) is 0 Å². The Balaban J connectivity index is 1.95. The Hall–Kier alpha value is -1.67. The summed E-state index contributed by atoms with van der Waals surface area (Å²) in [4.78, 5) is 12.5. The second kappa shape index (κ2) is 5.78. The predicted molar refractivity (Wildman–Crippen MR) is 69.3 cm³/mol. The smallest absolute Gasteiger partial charge is 0.328 e. The van der Waals surface area contributed by atoms with Crippen molar-refractivity contribution < 1.29 is 9.90 Å². The molecule has 0 aliphatic carbocycles. The zero-order valence-corrected chi connectivity index (χ0v) is 11.1. The molecule has 0 aliphatic rings. The fraction of sp³-hybridized carbons (Fsp3) is 0.200. The van der Waals surface area contributed by atoms with E-state index in [-0.39, 0.29) is 0 Å². The summed E-state index contributed by atoms with van der Waals surface area (Å²) < 4.78 is 1.61. The summed E-state index contributed by atoms with van der Waals surface area (Å²) in [5.74, 6) is -0.177. The van der Waals surface area contributed by atoms with Crippen LogP contribution in [0.15, 0.2) is 23.4 Å². The van der Waals surface area contributed by atoms with Crippen molar-refractivity contribution >= 4 is 35.1 Å². The Kier molecular flexibility index (Phi) is 4.11. The first-order valence-electron chi connectivity index (χ1n) is 5.00.